The molecule has 3 fully saturated rings. The molecule has 1 amide bonds. The van der Waals surface area contributed by atoms with Crippen molar-refractivity contribution in [3.63, 3.8) is 0 Å². The molecular weight excluding hydrogens is 366 g/mol. The second-order valence-corrected chi connectivity index (χ2v) is 8.58. The van der Waals surface area contributed by atoms with Crippen molar-refractivity contribution >= 4 is 5.91 Å². The topological polar surface area (TPSA) is 63.6 Å². The van der Waals surface area contributed by atoms with Gasteiger partial charge in [-0.15, -0.1) is 0 Å². The van der Waals surface area contributed by atoms with Gasteiger partial charge in [-0.2, -0.15) is 0 Å². The minimum Gasteiger partial charge on any atom is -0.497 e. The summed E-state index contributed by atoms with van der Waals surface area (Å²) in [5.74, 6) is 1.46. The van der Waals surface area contributed by atoms with Crippen LogP contribution in [0.5, 0.6) is 5.75 Å². The normalized spacial score (nSPS) is 25.9. The second kappa shape index (κ2) is 7.02. The van der Waals surface area contributed by atoms with E-state index in [2.05, 4.69) is 5.32 Å². The summed E-state index contributed by atoms with van der Waals surface area (Å²) in [7, 11) is 1.65. The summed E-state index contributed by atoms with van der Waals surface area (Å²) in [6.45, 7) is 4.36. The Hall–Kier alpha value is -2.60. The second-order valence-electron chi connectivity index (χ2n) is 8.58. The third-order valence-electron chi connectivity index (χ3n) is 6.76. The molecule has 0 radical (unpaired) electrons. The zero-order valence-electron chi connectivity index (χ0n) is 16.9. The molecule has 2 saturated heterocycles. The van der Waals surface area contributed by atoms with Crippen LogP contribution >= 0.6 is 0 Å². The number of rotatable bonds is 4. The number of methoxy groups -OCH3 is 1. The van der Waals surface area contributed by atoms with Gasteiger partial charge in [0, 0.05) is 37.8 Å². The number of carbonyl (C=O) groups is 1. The summed E-state index contributed by atoms with van der Waals surface area (Å²) in [6, 6.07) is 10.1. The maximum atomic E-state index is 13.7. The zero-order valence-corrected chi connectivity index (χ0v) is 16.9. The Morgan fingerprint density at radius 1 is 1.14 bits per heavy atom. The van der Waals surface area contributed by atoms with E-state index in [-0.39, 0.29) is 23.6 Å². The fraction of sp³-hybridized carbons (Fsp3) is 0.478. The van der Waals surface area contributed by atoms with Gasteiger partial charge >= 0.3 is 0 Å². The third-order valence-corrected chi connectivity index (χ3v) is 6.76. The average molecular weight is 393 g/mol. The number of ether oxygens (including phenoxy) is 1. The van der Waals surface area contributed by atoms with Crippen molar-refractivity contribution in [3.8, 4) is 5.75 Å². The van der Waals surface area contributed by atoms with Gasteiger partial charge in [0.25, 0.3) is 11.5 Å². The predicted octanol–water partition coefficient (Wildman–Crippen LogP) is 2.53. The molecule has 1 aromatic heterocycles. The number of nitrogens with zero attached hydrogens (tertiary/aromatic N) is 2. The van der Waals surface area contributed by atoms with Gasteiger partial charge in [-0.1, -0.05) is 12.1 Å². The number of hydrogen-bond donors (Lipinski definition) is 1. The number of pyridine rings is 1. The number of nitrogens with one attached hydrogen (secondary N) is 1. The predicted molar refractivity (Wildman–Crippen MR) is 110 cm³/mol. The van der Waals surface area contributed by atoms with E-state index in [9.17, 15) is 9.59 Å². The highest BCUT2D eigenvalue weighted by Gasteiger charge is 2.47. The van der Waals surface area contributed by atoms with Crippen LogP contribution in [0.4, 0.5) is 0 Å². The average Bonchev–Trinajstić information content (AvgIpc) is 3.34. The summed E-state index contributed by atoms with van der Waals surface area (Å²) >= 11 is 0. The first kappa shape index (κ1) is 18.4. The molecule has 2 aromatic rings. The SMILES string of the molecule is COc1ccc([C@@H]2[C@H]3CNC[C@H]3CN2C(=O)c2c(C)ccn(C3CC3)c2=O)cc1. The van der Waals surface area contributed by atoms with Gasteiger partial charge in [-0.05, 0) is 55.0 Å². The Morgan fingerprint density at radius 2 is 1.90 bits per heavy atom. The van der Waals surface area contributed by atoms with Crippen molar-refractivity contribution in [2.45, 2.75) is 31.8 Å². The molecule has 3 atom stereocenters. The van der Waals surface area contributed by atoms with Gasteiger partial charge in [-0.3, -0.25) is 9.59 Å². The van der Waals surface area contributed by atoms with Gasteiger partial charge in [0.05, 0.1) is 13.2 Å². The van der Waals surface area contributed by atoms with E-state index in [0.717, 1.165) is 42.8 Å². The zero-order chi connectivity index (χ0) is 20.1. The van der Waals surface area contributed by atoms with E-state index >= 15 is 0 Å². The van der Waals surface area contributed by atoms with Crippen LogP contribution in [0.25, 0.3) is 0 Å². The Morgan fingerprint density at radius 3 is 2.59 bits per heavy atom. The third kappa shape index (κ3) is 3.06. The van der Waals surface area contributed by atoms with E-state index in [1.54, 1.807) is 11.7 Å². The van der Waals surface area contributed by atoms with Crippen LogP contribution in [0, 0.1) is 18.8 Å². The maximum Gasteiger partial charge on any atom is 0.263 e. The molecule has 152 valence electrons. The van der Waals surface area contributed by atoms with Crippen molar-refractivity contribution in [1.29, 1.82) is 0 Å². The smallest absolute Gasteiger partial charge is 0.263 e. The van der Waals surface area contributed by atoms with E-state index in [1.807, 2.05) is 48.4 Å². The fourth-order valence-corrected chi connectivity index (χ4v) is 5.04. The Kier molecular flexibility index (Phi) is 4.46. The Balaban J connectivity index is 1.54. The van der Waals surface area contributed by atoms with Crippen LogP contribution in [0.3, 0.4) is 0 Å². The summed E-state index contributed by atoms with van der Waals surface area (Å²) in [6.07, 6.45) is 3.88. The first-order valence-electron chi connectivity index (χ1n) is 10.5. The van der Waals surface area contributed by atoms with Gasteiger partial charge in [-0.25, -0.2) is 0 Å². The number of benzene rings is 1. The number of likely N-dealkylation sites (tertiary alicyclic amines) is 1. The molecule has 1 aromatic carbocycles. The first-order chi connectivity index (χ1) is 14.1. The lowest BCUT2D eigenvalue weighted by atomic mass is 9.89. The quantitative estimate of drug-likeness (QED) is 0.867. The minimum absolute atomic E-state index is 0.0261. The van der Waals surface area contributed by atoms with Gasteiger partial charge < -0.3 is 19.5 Å². The lowest BCUT2D eigenvalue weighted by Gasteiger charge is -2.29. The van der Waals surface area contributed by atoms with Crippen LogP contribution < -0.4 is 15.6 Å². The summed E-state index contributed by atoms with van der Waals surface area (Å²) < 4.78 is 7.05. The standard InChI is InChI=1S/C23H27N3O3/c1-14-9-10-25(17-5-6-17)22(27)20(14)23(28)26-13-16-11-24-12-19(16)21(26)15-3-7-18(29-2)8-4-15/h3-4,7-10,16-17,19,21,24H,5-6,11-13H2,1-2H3/t16-,19-,21+/m0/s1. The van der Waals surface area contributed by atoms with E-state index in [0.29, 0.717) is 23.9 Å². The summed E-state index contributed by atoms with van der Waals surface area (Å²) in [5, 5.41) is 3.47. The molecule has 3 aliphatic rings. The van der Waals surface area contributed by atoms with Crippen LogP contribution in [0.2, 0.25) is 0 Å². The van der Waals surface area contributed by atoms with Gasteiger partial charge in [0.2, 0.25) is 0 Å². The number of fused-ring (bicyclic) bond motifs is 1. The molecule has 0 unspecified atom stereocenters. The Labute approximate surface area is 170 Å². The number of carbonyl (C=O) groups excluding carboxylic acids is 1. The van der Waals surface area contributed by atoms with E-state index < -0.39 is 0 Å². The molecule has 2 aliphatic heterocycles. The number of aromatic nitrogens is 1. The fourth-order valence-electron chi connectivity index (χ4n) is 5.04. The van der Waals surface area contributed by atoms with E-state index in [4.69, 9.17) is 4.74 Å². The van der Waals surface area contributed by atoms with E-state index in [1.165, 1.54) is 0 Å². The Bertz CT molecular complexity index is 993. The van der Waals surface area contributed by atoms with Crippen molar-refractivity contribution in [2.75, 3.05) is 26.7 Å². The van der Waals surface area contributed by atoms with Gasteiger partial charge in [0.15, 0.2) is 0 Å². The van der Waals surface area contributed by atoms with Crippen molar-refractivity contribution < 1.29 is 9.53 Å². The number of amides is 1. The van der Waals surface area contributed by atoms with Crippen LogP contribution in [0.15, 0.2) is 41.3 Å². The van der Waals surface area contributed by atoms with Crippen molar-refractivity contribution in [1.82, 2.24) is 14.8 Å². The van der Waals surface area contributed by atoms with Crippen LogP contribution in [0.1, 0.15) is 46.4 Å². The molecule has 1 saturated carbocycles. The van der Waals surface area contributed by atoms with Crippen molar-refractivity contribution in [2.24, 2.45) is 11.8 Å². The monoisotopic (exact) mass is 393 g/mol. The molecule has 0 spiro atoms. The molecule has 29 heavy (non-hydrogen) atoms. The summed E-state index contributed by atoms with van der Waals surface area (Å²) in [5.41, 5.74) is 2.07. The number of hydrogen-bond acceptors (Lipinski definition) is 4. The molecule has 1 N–H and O–H groups in total. The lowest BCUT2D eigenvalue weighted by molar-refractivity contribution is 0.0710. The highest BCUT2D eigenvalue weighted by atomic mass is 16.5. The molecule has 0 bridgehead atoms. The van der Waals surface area contributed by atoms with Crippen LogP contribution in [-0.2, 0) is 0 Å². The molecule has 3 heterocycles. The largest absolute Gasteiger partial charge is 0.497 e. The first-order valence-corrected chi connectivity index (χ1v) is 10.5. The lowest BCUT2D eigenvalue weighted by Crippen LogP contribution is -2.39. The minimum atomic E-state index is -0.138. The molecular formula is C23H27N3O3. The molecule has 6 heteroatoms. The molecule has 6 nitrogen and oxygen atoms in total. The van der Waals surface area contributed by atoms with Crippen LogP contribution in [-0.4, -0.2) is 42.1 Å². The summed E-state index contributed by atoms with van der Waals surface area (Å²) in [4.78, 5) is 28.8. The maximum absolute atomic E-state index is 13.7. The highest BCUT2D eigenvalue weighted by Crippen LogP contribution is 2.43. The van der Waals surface area contributed by atoms with Crippen molar-refractivity contribution in [3.05, 3.63) is 63.6 Å². The highest BCUT2D eigenvalue weighted by molar-refractivity contribution is 5.95. The molecule has 1 aliphatic carbocycles. The molecule has 5 rings (SSSR count). The number of aryl methyl sites for hydroxylation is 1. The van der Waals surface area contributed by atoms with Gasteiger partial charge in [0.1, 0.15) is 11.3 Å².